The lowest BCUT2D eigenvalue weighted by molar-refractivity contribution is -0.125. The number of halogens is 3. The maximum absolute atomic E-state index is 14.7. The number of carbonyl (C=O) groups excluding carboxylic acids is 1. The molecule has 1 atom stereocenters. The van der Waals surface area contributed by atoms with E-state index in [4.69, 9.17) is 0 Å². The van der Waals surface area contributed by atoms with E-state index in [-0.39, 0.29) is 17.4 Å². The van der Waals surface area contributed by atoms with Gasteiger partial charge in [0.25, 0.3) is 6.43 Å². The van der Waals surface area contributed by atoms with Gasteiger partial charge in [-0.05, 0) is 50.8 Å². The minimum Gasteiger partial charge on any atom is -0.377 e. The molecule has 2 aliphatic rings. The smallest absolute Gasteiger partial charge is 0.266 e. The van der Waals surface area contributed by atoms with E-state index in [9.17, 15) is 18.0 Å². The van der Waals surface area contributed by atoms with Gasteiger partial charge in [-0.1, -0.05) is 18.2 Å². The summed E-state index contributed by atoms with van der Waals surface area (Å²) in [6, 6.07) is 9.74. The number of hydrogen-bond acceptors (Lipinski definition) is 5. The van der Waals surface area contributed by atoms with Crippen LogP contribution in [0.25, 0.3) is 10.9 Å². The number of carbonyl (C=O) groups is 1. The van der Waals surface area contributed by atoms with E-state index in [0.29, 0.717) is 17.2 Å². The number of aromatic nitrogens is 2. The maximum Gasteiger partial charge on any atom is 0.266 e. The summed E-state index contributed by atoms with van der Waals surface area (Å²) in [6.45, 7) is 3.27. The van der Waals surface area contributed by atoms with Gasteiger partial charge in [0.1, 0.15) is 5.82 Å². The number of nitrogens with zero attached hydrogens (tertiary/aromatic N) is 3. The third-order valence-electron chi connectivity index (χ3n) is 6.91. The molecule has 2 fully saturated rings. The molecule has 0 unspecified atom stereocenters. The molecule has 2 N–H and O–H groups in total. The monoisotopic (exact) mass is 483 g/mol. The van der Waals surface area contributed by atoms with Crippen LogP contribution in [0.3, 0.4) is 0 Å². The van der Waals surface area contributed by atoms with E-state index in [0.717, 1.165) is 55.9 Å². The van der Waals surface area contributed by atoms with Gasteiger partial charge in [-0.25, -0.2) is 13.2 Å². The highest BCUT2D eigenvalue weighted by molar-refractivity contribution is 5.93. The quantitative estimate of drug-likeness (QED) is 0.473. The van der Waals surface area contributed by atoms with Crippen LogP contribution in [0.2, 0.25) is 0 Å². The minimum atomic E-state index is -2.88. The van der Waals surface area contributed by atoms with Gasteiger partial charge in [0.2, 0.25) is 5.91 Å². The molecule has 0 radical (unpaired) electrons. The summed E-state index contributed by atoms with van der Waals surface area (Å²) in [7, 11) is 0. The average Bonchev–Trinajstić information content (AvgIpc) is 3.68. The third kappa shape index (κ3) is 5.04. The van der Waals surface area contributed by atoms with Crippen molar-refractivity contribution in [1.29, 1.82) is 0 Å². The van der Waals surface area contributed by atoms with Gasteiger partial charge in [0.15, 0.2) is 0 Å². The Balaban J connectivity index is 1.33. The first-order valence-corrected chi connectivity index (χ1v) is 12.0. The van der Waals surface area contributed by atoms with Gasteiger partial charge >= 0.3 is 0 Å². The van der Waals surface area contributed by atoms with Crippen LogP contribution >= 0.6 is 0 Å². The fraction of sp³-hybridized carbons (Fsp3) is 0.423. The summed E-state index contributed by atoms with van der Waals surface area (Å²) in [5.41, 5.74) is 1.88. The van der Waals surface area contributed by atoms with Gasteiger partial charge in [0.05, 0.1) is 29.0 Å². The minimum absolute atomic E-state index is 0.0511. The molecular formula is C26H28F3N5O. The van der Waals surface area contributed by atoms with Crippen molar-refractivity contribution in [2.45, 2.75) is 51.1 Å². The van der Waals surface area contributed by atoms with Gasteiger partial charge in [0, 0.05) is 41.7 Å². The van der Waals surface area contributed by atoms with Crippen molar-refractivity contribution in [3.8, 4) is 0 Å². The molecule has 1 aromatic heterocycles. The van der Waals surface area contributed by atoms with E-state index in [1.807, 2.05) is 18.2 Å². The number of nitrogens with one attached hydrogen (secondary N) is 2. The Morgan fingerprint density at radius 2 is 1.83 bits per heavy atom. The summed E-state index contributed by atoms with van der Waals surface area (Å²) >= 11 is 0. The topological polar surface area (TPSA) is 70.2 Å². The van der Waals surface area contributed by atoms with Crippen molar-refractivity contribution in [2.75, 3.05) is 23.3 Å². The van der Waals surface area contributed by atoms with Crippen LogP contribution in [-0.2, 0) is 4.79 Å². The van der Waals surface area contributed by atoms with Crippen LogP contribution in [-0.4, -0.2) is 35.2 Å². The van der Waals surface area contributed by atoms with E-state index in [1.165, 1.54) is 12.1 Å². The summed E-state index contributed by atoms with van der Waals surface area (Å²) in [6.07, 6.45) is 2.46. The molecule has 0 spiro atoms. The third-order valence-corrected chi connectivity index (χ3v) is 6.91. The van der Waals surface area contributed by atoms with Crippen LogP contribution in [0.1, 0.15) is 56.2 Å². The maximum atomic E-state index is 14.7. The first-order chi connectivity index (χ1) is 16.9. The van der Waals surface area contributed by atoms with Crippen molar-refractivity contribution in [3.05, 3.63) is 59.5 Å². The molecule has 1 saturated carbocycles. The van der Waals surface area contributed by atoms with E-state index in [2.05, 4.69) is 25.7 Å². The Morgan fingerprint density at radius 3 is 2.54 bits per heavy atom. The van der Waals surface area contributed by atoms with Crippen molar-refractivity contribution in [3.63, 3.8) is 0 Å². The van der Waals surface area contributed by atoms with E-state index < -0.39 is 23.8 Å². The molecule has 6 nitrogen and oxygen atoms in total. The first-order valence-electron chi connectivity index (χ1n) is 12.0. The lowest BCUT2D eigenvalue weighted by Gasteiger charge is -2.33. The molecule has 3 aromatic rings. The van der Waals surface area contributed by atoms with Crippen molar-refractivity contribution in [2.24, 2.45) is 5.92 Å². The molecular weight excluding hydrogens is 455 g/mol. The molecule has 5 rings (SSSR count). The van der Waals surface area contributed by atoms with Crippen LogP contribution in [0.4, 0.5) is 24.5 Å². The number of fused-ring (bicyclic) bond motifs is 1. The lowest BCUT2D eigenvalue weighted by Crippen LogP contribution is -2.41. The summed E-state index contributed by atoms with van der Waals surface area (Å²) in [5.74, 6) is -0.678. The fourth-order valence-electron chi connectivity index (χ4n) is 4.69. The molecule has 1 aliphatic carbocycles. The highest BCUT2D eigenvalue weighted by Gasteiger charge is 2.30. The summed E-state index contributed by atoms with van der Waals surface area (Å²) in [5, 5.41) is 15.4. The van der Waals surface area contributed by atoms with E-state index in [1.54, 1.807) is 13.1 Å². The van der Waals surface area contributed by atoms with Crippen molar-refractivity contribution >= 4 is 28.2 Å². The second-order valence-corrected chi connectivity index (χ2v) is 9.42. The Labute approximate surface area is 201 Å². The van der Waals surface area contributed by atoms with Crippen LogP contribution in [0.15, 0.2) is 42.6 Å². The molecule has 0 bridgehead atoms. The molecule has 35 heavy (non-hydrogen) atoms. The average molecular weight is 484 g/mol. The van der Waals surface area contributed by atoms with Crippen LogP contribution < -0.4 is 15.5 Å². The Morgan fingerprint density at radius 1 is 1.09 bits per heavy atom. The Hall–Kier alpha value is -3.36. The zero-order valence-corrected chi connectivity index (χ0v) is 19.5. The molecule has 2 heterocycles. The Bertz CT molecular complexity index is 1220. The second-order valence-electron chi connectivity index (χ2n) is 9.42. The predicted molar refractivity (Wildman–Crippen MR) is 129 cm³/mol. The molecule has 1 amide bonds. The highest BCUT2D eigenvalue weighted by atomic mass is 19.3. The van der Waals surface area contributed by atoms with Gasteiger partial charge in [-0.3, -0.25) is 4.79 Å². The number of rotatable bonds is 7. The number of alkyl halides is 2. The number of benzene rings is 2. The van der Waals surface area contributed by atoms with Gasteiger partial charge in [-0.2, -0.15) is 10.2 Å². The predicted octanol–water partition coefficient (Wildman–Crippen LogP) is 5.37. The molecule has 1 saturated heterocycles. The van der Waals surface area contributed by atoms with Crippen LogP contribution in [0, 0.1) is 11.7 Å². The number of anilines is 2. The van der Waals surface area contributed by atoms with Gasteiger partial charge in [-0.15, -0.1) is 0 Å². The van der Waals surface area contributed by atoms with Crippen molar-refractivity contribution < 1.29 is 18.0 Å². The van der Waals surface area contributed by atoms with Crippen molar-refractivity contribution in [1.82, 2.24) is 15.5 Å². The van der Waals surface area contributed by atoms with E-state index >= 15 is 0 Å². The molecule has 1 aliphatic heterocycles. The normalized spacial score (nSPS) is 17.6. The number of piperidine rings is 1. The molecule has 9 heteroatoms. The van der Waals surface area contributed by atoms with Crippen LogP contribution in [0.5, 0.6) is 0 Å². The standard InChI is InChI=1S/C26H28F3N5O/c1-15(19-3-2-4-20(24(19)27)25(28)29)31-23-14-30-33-22-8-7-18(13-21(22)23)34-11-9-16(10-12-34)26(35)32-17-5-6-17/h2-4,7-8,13-17,25H,5-6,9-12H2,1H3,(H,31,33)(H,32,35)/t15-/m1/s1. The summed E-state index contributed by atoms with van der Waals surface area (Å²) < 4.78 is 41.0. The molecule has 2 aromatic carbocycles. The number of amides is 1. The zero-order chi connectivity index (χ0) is 24.5. The second kappa shape index (κ2) is 9.71. The lowest BCUT2D eigenvalue weighted by atomic mass is 9.95. The first kappa shape index (κ1) is 23.4. The number of hydrogen-bond donors (Lipinski definition) is 2. The fourth-order valence-corrected chi connectivity index (χ4v) is 4.69. The Kier molecular flexibility index (Phi) is 6.49. The SMILES string of the molecule is C[C@@H](Nc1cnnc2ccc(N3CCC(C(=O)NC4CC4)CC3)cc12)c1cccc(C(F)F)c1F. The zero-order valence-electron chi connectivity index (χ0n) is 19.5. The summed E-state index contributed by atoms with van der Waals surface area (Å²) in [4.78, 5) is 14.6. The molecule has 184 valence electrons. The largest absolute Gasteiger partial charge is 0.377 e. The van der Waals surface area contributed by atoms with Gasteiger partial charge < -0.3 is 15.5 Å². The highest BCUT2D eigenvalue weighted by Crippen LogP contribution is 2.33.